The lowest BCUT2D eigenvalue weighted by molar-refractivity contribution is 1.63. The molecule has 15 aromatic rings. The van der Waals surface area contributed by atoms with E-state index in [9.17, 15) is 0 Å². The zero-order valence-corrected chi connectivity index (χ0v) is 40.6. The zero-order valence-electron chi connectivity index (χ0n) is 40.6. The summed E-state index contributed by atoms with van der Waals surface area (Å²) in [4.78, 5) is 0. The standard InChI is InChI=1S/C74H46/c1-3-19-57-47(15-1)17-13-29-59(57)49-33-39-53(40-34-49)71-61-21-5-9-25-65(61)73(66-26-10-6-22-62(66)71)55-43-37-51-31-32-52-38-44-56(46-70(52)69(51)45-55)74-67-27-11-7-23-63(67)72(64-24-8-12-28-68(64)74)54-41-35-50(36-42-54)60-30-14-18-48-16-2-4-20-58(48)60/h1-46H. The van der Waals surface area contributed by atoms with Crippen LogP contribution in [0.5, 0.6) is 0 Å². The van der Waals surface area contributed by atoms with Crippen molar-refractivity contribution in [1.29, 1.82) is 0 Å². The third-order valence-corrected chi connectivity index (χ3v) is 15.8. The second-order valence-corrected chi connectivity index (χ2v) is 19.8. The maximum Gasteiger partial charge on any atom is -0.00261 e. The van der Waals surface area contributed by atoms with Crippen molar-refractivity contribution in [3.63, 3.8) is 0 Å². The van der Waals surface area contributed by atoms with E-state index in [2.05, 4.69) is 279 Å². The molecule has 0 radical (unpaired) electrons. The van der Waals surface area contributed by atoms with Gasteiger partial charge < -0.3 is 0 Å². The van der Waals surface area contributed by atoms with Crippen LogP contribution < -0.4 is 0 Å². The van der Waals surface area contributed by atoms with Crippen LogP contribution in [0.1, 0.15) is 0 Å². The highest BCUT2D eigenvalue weighted by atomic mass is 14.2. The van der Waals surface area contributed by atoms with Gasteiger partial charge in [-0.1, -0.05) is 267 Å². The third-order valence-electron chi connectivity index (χ3n) is 15.8. The van der Waals surface area contributed by atoms with Crippen molar-refractivity contribution in [1.82, 2.24) is 0 Å². The topological polar surface area (TPSA) is 0 Å². The Morgan fingerprint density at radius 2 is 0.365 bits per heavy atom. The molecule has 0 unspecified atom stereocenters. The smallest absolute Gasteiger partial charge is 0.00261 e. The Labute approximate surface area is 429 Å². The van der Waals surface area contributed by atoms with E-state index in [0.717, 1.165) is 0 Å². The van der Waals surface area contributed by atoms with Gasteiger partial charge in [-0.25, -0.2) is 0 Å². The van der Waals surface area contributed by atoms with Crippen molar-refractivity contribution in [3.8, 4) is 66.8 Å². The second-order valence-electron chi connectivity index (χ2n) is 19.8. The van der Waals surface area contributed by atoms with Crippen LogP contribution in [-0.2, 0) is 0 Å². The highest BCUT2D eigenvalue weighted by Gasteiger charge is 2.20. The van der Waals surface area contributed by atoms with Crippen molar-refractivity contribution >= 4 is 86.2 Å². The van der Waals surface area contributed by atoms with Crippen molar-refractivity contribution < 1.29 is 0 Å². The molecule has 0 atom stereocenters. The molecule has 342 valence electrons. The fourth-order valence-electron chi connectivity index (χ4n) is 12.4. The predicted molar refractivity (Wildman–Crippen MR) is 319 cm³/mol. The largest absolute Gasteiger partial charge is 0.0616 e. The van der Waals surface area contributed by atoms with Crippen molar-refractivity contribution in [2.24, 2.45) is 0 Å². The first-order valence-electron chi connectivity index (χ1n) is 25.7. The number of hydrogen-bond donors (Lipinski definition) is 0. The van der Waals surface area contributed by atoms with Crippen LogP contribution in [0, 0.1) is 0 Å². The summed E-state index contributed by atoms with van der Waals surface area (Å²) < 4.78 is 0. The van der Waals surface area contributed by atoms with Gasteiger partial charge in [0.15, 0.2) is 0 Å². The molecule has 0 amide bonds. The van der Waals surface area contributed by atoms with E-state index in [-0.39, 0.29) is 0 Å². The van der Waals surface area contributed by atoms with E-state index in [1.807, 2.05) is 0 Å². The molecule has 0 bridgehead atoms. The minimum Gasteiger partial charge on any atom is -0.0616 e. The lowest BCUT2D eigenvalue weighted by Gasteiger charge is -2.19. The lowest BCUT2D eigenvalue weighted by Crippen LogP contribution is -1.92. The summed E-state index contributed by atoms with van der Waals surface area (Å²) >= 11 is 0. The lowest BCUT2D eigenvalue weighted by atomic mass is 9.84. The predicted octanol–water partition coefficient (Wildman–Crippen LogP) is 20.9. The molecular weight excluding hydrogens is 889 g/mol. The van der Waals surface area contributed by atoms with Gasteiger partial charge in [-0.3, -0.25) is 0 Å². The van der Waals surface area contributed by atoms with Crippen molar-refractivity contribution in [3.05, 3.63) is 279 Å². The third kappa shape index (κ3) is 6.69. The fraction of sp³-hybridized carbons (Fsp3) is 0. The van der Waals surface area contributed by atoms with Gasteiger partial charge in [0.1, 0.15) is 0 Å². The van der Waals surface area contributed by atoms with Gasteiger partial charge in [-0.2, -0.15) is 0 Å². The molecule has 0 nitrogen and oxygen atoms in total. The van der Waals surface area contributed by atoms with E-state index >= 15 is 0 Å². The molecule has 0 N–H and O–H groups in total. The van der Waals surface area contributed by atoms with E-state index in [1.54, 1.807) is 0 Å². The average Bonchev–Trinajstić information content (AvgIpc) is 3.50. The molecule has 0 aliphatic carbocycles. The van der Waals surface area contributed by atoms with Gasteiger partial charge in [-0.15, -0.1) is 0 Å². The van der Waals surface area contributed by atoms with Crippen molar-refractivity contribution in [2.45, 2.75) is 0 Å². The molecule has 15 rings (SSSR count). The normalized spacial score (nSPS) is 11.8. The van der Waals surface area contributed by atoms with E-state index in [1.165, 1.54) is 153 Å². The first kappa shape index (κ1) is 42.1. The maximum atomic E-state index is 2.45. The molecule has 0 heteroatoms. The first-order chi connectivity index (χ1) is 36.7. The van der Waals surface area contributed by atoms with Crippen LogP contribution >= 0.6 is 0 Å². The average molecular weight is 935 g/mol. The zero-order chi connectivity index (χ0) is 48.7. The molecule has 0 saturated carbocycles. The monoisotopic (exact) mass is 934 g/mol. The Morgan fingerprint density at radius 1 is 0.135 bits per heavy atom. The summed E-state index contributed by atoms with van der Waals surface area (Å²) in [6.07, 6.45) is 0. The van der Waals surface area contributed by atoms with Crippen molar-refractivity contribution in [2.75, 3.05) is 0 Å². The maximum absolute atomic E-state index is 2.45. The van der Waals surface area contributed by atoms with Crippen LogP contribution in [0.25, 0.3) is 153 Å². The van der Waals surface area contributed by atoms with Gasteiger partial charge in [0.25, 0.3) is 0 Å². The summed E-state index contributed by atoms with van der Waals surface area (Å²) in [6, 6.07) is 104. The summed E-state index contributed by atoms with van der Waals surface area (Å²) in [6.45, 7) is 0. The molecule has 0 spiro atoms. The molecule has 74 heavy (non-hydrogen) atoms. The Bertz CT molecular complexity index is 4320. The Balaban J connectivity index is 0.876. The molecule has 0 saturated heterocycles. The summed E-state index contributed by atoms with van der Waals surface area (Å²) in [5, 5.41) is 20.0. The molecule has 0 heterocycles. The van der Waals surface area contributed by atoms with Gasteiger partial charge in [0, 0.05) is 0 Å². The minimum atomic E-state index is 1.22. The Hall–Kier alpha value is -9.62. The SMILES string of the molecule is c1ccc2c(-c3ccc(-c4c5ccccc5c(-c5ccc6ccc7ccc(-c8c9ccccc9c(-c9ccc(-c%10cccc%11ccccc%10%11)cc9)c9ccccc89)cc7c6c5)c5ccccc45)cc3)cccc2c1. The second kappa shape index (κ2) is 17.0. The van der Waals surface area contributed by atoms with Gasteiger partial charge in [0.05, 0.1) is 0 Å². The molecule has 0 aliphatic heterocycles. The first-order valence-corrected chi connectivity index (χ1v) is 25.7. The summed E-state index contributed by atoms with van der Waals surface area (Å²) in [5.74, 6) is 0. The van der Waals surface area contributed by atoms with Crippen LogP contribution in [0.2, 0.25) is 0 Å². The van der Waals surface area contributed by atoms with Crippen LogP contribution in [-0.4, -0.2) is 0 Å². The highest BCUT2D eigenvalue weighted by molar-refractivity contribution is 6.24. The molecule has 0 aliphatic rings. The summed E-state index contributed by atoms with van der Waals surface area (Å²) in [5.41, 5.74) is 14.9. The number of hydrogen-bond acceptors (Lipinski definition) is 0. The Kier molecular flexibility index (Phi) is 9.68. The van der Waals surface area contributed by atoms with E-state index in [0.29, 0.717) is 0 Å². The van der Waals surface area contributed by atoms with Gasteiger partial charge >= 0.3 is 0 Å². The van der Waals surface area contributed by atoms with Gasteiger partial charge in [-0.05, 0) is 165 Å². The molecule has 15 aromatic carbocycles. The summed E-state index contributed by atoms with van der Waals surface area (Å²) in [7, 11) is 0. The number of fused-ring (bicyclic) bond motifs is 9. The van der Waals surface area contributed by atoms with E-state index in [4.69, 9.17) is 0 Å². The van der Waals surface area contributed by atoms with Crippen LogP contribution in [0.15, 0.2) is 279 Å². The van der Waals surface area contributed by atoms with Crippen LogP contribution in [0.4, 0.5) is 0 Å². The minimum absolute atomic E-state index is 1.22. The fourth-order valence-corrected chi connectivity index (χ4v) is 12.4. The van der Waals surface area contributed by atoms with Crippen LogP contribution in [0.3, 0.4) is 0 Å². The molecule has 0 fully saturated rings. The van der Waals surface area contributed by atoms with Gasteiger partial charge in [0.2, 0.25) is 0 Å². The quantitative estimate of drug-likeness (QED) is 0.115. The van der Waals surface area contributed by atoms with E-state index < -0.39 is 0 Å². The number of rotatable bonds is 6. The number of benzene rings is 15. The molecule has 0 aromatic heterocycles. The molecular formula is C74H46. The Morgan fingerprint density at radius 3 is 0.703 bits per heavy atom. The highest BCUT2D eigenvalue weighted by Crippen LogP contribution is 2.48.